The van der Waals surface area contributed by atoms with Gasteiger partial charge in [-0.1, -0.05) is 22.0 Å². The molecule has 2 aromatic carbocycles. The molecule has 0 aliphatic carbocycles. The number of halogens is 4. The minimum Gasteiger partial charge on any atom is -0.457 e. The highest BCUT2D eigenvalue weighted by Crippen LogP contribution is 2.28. The SMILES string of the molecule is Fc1cc(F)cc(Oc2ccc(CCl)c(Br)c2)c1. The summed E-state index contributed by atoms with van der Waals surface area (Å²) in [6, 6.07) is 8.19. The molecule has 0 aliphatic rings. The van der Waals surface area contributed by atoms with Crippen molar-refractivity contribution in [1.29, 1.82) is 0 Å². The minimum atomic E-state index is -0.679. The first-order valence-electron chi connectivity index (χ1n) is 5.07. The van der Waals surface area contributed by atoms with Gasteiger partial charge < -0.3 is 4.74 Å². The summed E-state index contributed by atoms with van der Waals surface area (Å²) in [7, 11) is 0. The number of hydrogen-bond acceptors (Lipinski definition) is 1. The fourth-order valence-electron chi connectivity index (χ4n) is 1.42. The van der Waals surface area contributed by atoms with E-state index in [2.05, 4.69) is 15.9 Å². The molecule has 0 bridgehead atoms. The molecular weight excluding hydrogens is 325 g/mol. The second kappa shape index (κ2) is 5.67. The van der Waals surface area contributed by atoms with E-state index in [0.717, 1.165) is 28.2 Å². The van der Waals surface area contributed by atoms with Gasteiger partial charge in [0.25, 0.3) is 0 Å². The molecular formula is C13H8BrClF2O. The van der Waals surface area contributed by atoms with Gasteiger partial charge in [-0.05, 0) is 17.7 Å². The molecule has 2 aromatic rings. The molecule has 0 N–H and O–H groups in total. The topological polar surface area (TPSA) is 9.23 Å². The fraction of sp³-hybridized carbons (Fsp3) is 0.0769. The third-order valence-electron chi connectivity index (χ3n) is 2.24. The van der Waals surface area contributed by atoms with Crippen LogP contribution in [-0.2, 0) is 5.88 Å². The highest BCUT2D eigenvalue weighted by molar-refractivity contribution is 9.10. The first kappa shape index (κ1) is 13.3. The maximum Gasteiger partial charge on any atom is 0.133 e. The molecule has 2 rings (SSSR count). The van der Waals surface area contributed by atoms with Crippen molar-refractivity contribution in [1.82, 2.24) is 0 Å². The van der Waals surface area contributed by atoms with Crippen molar-refractivity contribution in [2.45, 2.75) is 5.88 Å². The van der Waals surface area contributed by atoms with Gasteiger partial charge in [-0.15, -0.1) is 11.6 Å². The maximum atomic E-state index is 13.0. The lowest BCUT2D eigenvalue weighted by molar-refractivity contribution is 0.468. The first-order chi connectivity index (χ1) is 8.58. The Bertz CT molecular complexity index is 555. The predicted octanol–water partition coefficient (Wildman–Crippen LogP) is 5.26. The zero-order valence-electron chi connectivity index (χ0n) is 9.09. The monoisotopic (exact) mass is 332 g/mol. The van der Waals surface area contributed by atoms with Gasteiger partial charge in [0.2, 0.25) is 0 Å². The predicted molar refractivity (Wildman–Crippen MR) is 70.1 cm³/mol. The van der Waals surface area contributed by atoms with Crippen molar-refractivity contribution >= 4 is 27.5 Å². The summed E-state index contributed by atoms with van der Waals surface area (Å²) in [5.41, 5.74) is 0.912. The van der Waals surface area contributed by atoms with Gasteiger partial charge in [0.1, 0.15) is 23.1 Å². The number of rotatable bonds is 3. The van der Waals surface area contributed by atoms with Crippen LogP contribution in [0.3, 0.4) is 0 Å². The summed E-state index contributed by atoms with van der Waals surface area (Å²) < 4.78 is 32.1. The standard InChI is InChI=1S/C13H8BrClF2O/c14-13-6-11(2-1-8(13)7-15)18-12-4-9(16)3-10(17)5-12/h1-6H,7H2. The van der Waals surface area contributed by atoms with Crippen molar-refractivity contribution in [3.8, 4) is 11.5 Å². The van der Waals surface area contributed by atoms with Crippen molar-refractivity contribution in [3.05, 3.63) is 58.1 Å². The summed E-state index contributed by atoms with van der Waals surface area (Å²) in [5.74, 6) is -0.406. The third-order valence-corrected chi connectivity index (χ3v) is 3.27. The molecule has 5 heteroatoms. The van der Waals surface area contributed by atoms with Crippen molar-refractivity contribution in [2.24, 2.45) is 0 Å². The number of benzene rings is 2. The maximum absolute atomic E-state index is 13.0. The van der Waals surface area contributed by atoms with Crippen molar-refractivity contribution < 1.29 is 13.5 Å². The second-order valence-electron chi connectivity index (χ2n) is 3.59. The van der Waals surface area contributed by atoms with Crippen LogP contribution in [0.2, 0.25) is 0 Å². The van der Waals surface area contributed by atoms with Crippen LogP contribution in [0.25, 0.3) is 0 Å². The molecule has 0 spiro atoms. The summed E-state index contributed by atoms with van der Waals surface area (Å²) in [6.07, 6.45) is 0. The highest BCUT2D eigenvalue weighted by atomic mass is 79.9. The summed E-state index contributed by atoms with van der Waals surface area (Å²) in [4.78, 5) is 0. The van der Waals surface area contributed by atoms with Crippen molar-refractivity contribution in [3.63, 3.8) is 0 Å². The smallest absolute Gasteiger partial charge is 0.133 e. The van der Waals surface area contributed by atoms with Gasteiger partial charge >= 0.3 is 0 Å². The molecule has 0 amide bonds. The van der Waals surface area contributed by atoms with E-state index in [-0.39, 0.29) is 5.75 Å². The molecule has 0 radical (unpaired) electrons. The molecule has 0 saturated carbocycles. The van der Waals surface area contributed by atoms with E-state index < -0.39 is 11.6 Å². The van der Waals surface area contributed by atoms with Crippen LogP contribution in [0.1, 0.15) is 5.56 Å². The van der Waals surface area contributed by atoms with Crippen LogP contribution in [0.4, 0.5) is 8.78 Å². The molecule has 18 heavy (non-hydrogen) atoms. The van der Waals surface area contributed by atoms with Gasteiger partial charge in [-0.25, -0.2) is 8.78 Å². The summed E-state index contributed by atoms with van der Waals surface area (Å²) in [5, 5.41) is 0. The molecule has 1 nitrogen and oxygen atoms in total. The first-order valence-corrected chi connectivity index (χ1v) is 6.39. The van der Waals surface area contributed by atoms with E-state index in [4.69, 9.17) is 16.3 Å². The average molecular weight is 334 g/mol. The lowest BCUT2D eigenvalue weighted by atomic mass is 10.2. The number of ether oxygens (including phenoxy) is 1. The van der Waals surface area contributed by atoms with Crippen LogP contribution in [0, 0.1) is 11.6 Å². The lowest BCUT2D eigenvalue weighted by Crippen LogP contribution is -1.89. The van der Waals surface area contributed by atoms with Gasteiger partial charge in [-0.2, -0.15) is 0 Å². The number of hydrogen-bond donors (Lipinski definition) is 0. The Morgan fingerprint density at radius 2 is 1.67 bits per heavy atom. The van der Waals surface area contributed by atoms with E-state index >= 15 is 0 Å². The molecule has 94 valence electrons. The van der Waals surface area contributed by atoms with Crippen LogP contribution >= 0.6 is 27.5 Å². The normalized spacial score (nSPS) is 10.4. The Morgan fingerprint density at radius 3 is 2.22 bits per heavy atom. The molecule has 0 saturated heterocycles. The largest absolute Gasteiger partial charge is 0.457 e. The van der Waals surface area contributed by atoms with E-state index in [0.29, 0.717) is 11.6 Å². The molecule has 0 aliphatic heterocycles. The van der Waals surface area contributed by atoms with Crippen LogP contribution < -0.4 is 4.74 Å². The van der Waals surface area contributed by atoms with Gasteiger partial charge in [-0.3, -0.25) is 0 Å². The van der Waals surface area contributed by atoms with Crippen LogP contribution in [0.15, 0.2) is 40.9 Å². The average Bonchev–Trinajstić information content (AvgIpc) is 2.27. The number of alkyl halides is 1. The Morgan fingerprint density at radius 1 is 1.00 bits per heavy atom. The van der Waals surface area contributed by atoms with Gasteiger partial charge in [0, 0.05) is 28.6 Å². The van der Waals surface area contributed by atoms with Gasteiger partial charge in [0.05, 0.1) is 0 Å². The molecule has 0 heterocycles. The highest BCUT2D eigenvalue weighted by Gasteiger charge is 2.05. The minimum absolute atomic E-state index is 0.109. The Labute approximate surface area is 116 Å². The van der Waals surface area contributed by atoms with E-state index in [1.165, 1.54) is 0 Å². The van der Waals surface area contributed by atoms with E-state index in [1.807, 2.05) is 0 Å². The summed E-state index contributed by atoms with van der Waals surface area (Å²) in [6.45, 7) is 0. The second-order valence-corrected chi connectivity index (χ2v) is 4.72. The van der Waals surface area contributed by atoms with E-state index in [9.17, 15) is 8.78 Å². The Balaban J connectivity index is 2.25. The quantitative estimate of drug-likeness (QED) is 0.696. The van der Waals surface area contributed by atoms with Crippen LogP contribution in [-0.4, -0.2) is 0 Å². The lowest BCUT2D eigenvalue weighted by Gasteiger charge is -2.08. The van der Waals surface area contributed by atoms with Crippen LogP contribution in [0.5, 0.6) is 11.5 Å². The van der Waals surface area contributed by atoms with Gasteiger partial charge in [0.15, 0.2) is 0 Å². The molecule has 0 atom stereocenters. The third kappa shape index (κ3) is 3.21. The molecule has 0 fully saturated rings. The zero-order chi connectivity index (χ0) is 13.1. The zero-order valence-corrected chi connectivity index (χ0v) is 11.4. The fourth-order valence-corrected chi connectivity index (χ4v) is 2.32. The molecule has 0 unspecified atom stereocenters. The van der Waals surface area contributed by atoms with E-state index in [1.54, 1.807) is 18.2 Å². The summed E-state index contributed by atoms with van der Waals surface area (Å²) >= 11 is 9.05. The molecule has 0 aromatic heterocycles. The Hall–Kier alpha value is -1.13. The van der Waals surface area contributed by atoms with Crippen molar-refractivity contribution in [2.75, 3.05) is 0 Å². The Kier molecular flexibility index (Phi) is 4.19.